The van der Waals surface area contributed by atoms with Crippen LogP contribution in [-0.2, 0) is 4.74 Å². The first kappa shape index (κ1) is 17.5. The average Bonchev–Trinajstić information content (AvgIpc) is 2.97. The summed E-state index contributed by atoms with van der Waals surface area (Å²) in [5.41, 5.74) is 1.74. The molecule has 1 fully saturated rings. The van der Waals surface area contributed by atoms with Crippen LogP contribution in [-0.4, -0.2) is 35.1 Å². The molecule has 2 aromatic rings. The number of nitrogens with zero attached hydrogens (tertiary/aromatic N) is 2. The van der Waals surface area contributed by atoms with Gasteiger partial charge in [0.15, 0.2) is 0 Å². The van der Waals surface area contributed by atoms with E-state index in [1.165, 1.54) is 0 Å². The van der Waals surface area contributed by atoms with Gasteiger partial charge in [-0.3, -0.25) is 4.79 Å². The van der Waals surface area contributed by atoms with E-state index in [0.717, 1.165) is 10.0 Å². The molecule has 3 rings (SSSR count). The van der Waals surface area contributed by atoms with Gasteiger partial charge in [-0.15, -0.1) is 0 Å². The lowest BCUT2D eigenvalue weighted by molar-refractivity contribution is -0.0232. The van der Waals surface area contributed by atoms with Crippen LogP contribution in [0.3, 0.4) is 0 Å². The molecule has 0 radical (unpaired) electrons. The maximum absolute atomic E-state index is 13.0. The minimum atomic E-state index is -0.120. The van der Waals surface area contributed by atoms with Gasteiger partial charge in [0.2, 0.25) is 0 Å². The van der Waals surface area contributed by atoms with Gasteiger partial charge in [0.1, 0.15) is 11.8 Å². The lowest BCUT2D eigenvalue weighted by Crippen LogP contribution is -2.43. The normalized spacial score (nSPS) is 18.2. The first-order valence-electron chi connectivity index (χ1n) is 7.99. The number of benzene rings is 1. The summed E-state index contributed by atoms with van der Waals surface area (Å²) >= 11 is 9.42. The zero-order chi connectivity index (χ0) is 17.3. The minimum absolute atomic E-state index is 0.0386. The van der Waals surface area contributed by atoms with Gasteiger partial charge >= 0.3 is 0 Å². The van der Waals surface area contributed by atoms with Gasteiger partial charge in [-0.1, -0.05) is 23.7 Å². The van der Waals surface area contributed by atoms with E-state index in [1.54, 1.807) is 0 Å². The third kappa shape index (κ3) is 3.68. The van der Waals surface area contributed by atoms with E-state index >= 15 is 0 Å². The molecule has 128 valence electrons. The Morgan fingerprint density at radius 2 is 2.04 bits per heavy atom. The maximum atomic E-state index is 13.0. The Morgan fingerprint density at radius 1 is 1.33 bits per heavy atom. The van der Waals surface area contributed by atoms with Crippen molar-refractivity contribution in [3.8, 4) is 0 Å². The SMILES string of the molecule is CC(C)n1cc(Br)cc1C(=O)N1CCOC(c2ccc(Cl)cc2)C1. The molecule has 1 saturated heterocycles. The Kier molecular flexibility index (Phi) is 5.33. The number of amides is 1. The monoisotopic (exact) mass is 410 g/mol. The van der Waals surface area contributed by atoms with E-state index in [0.29, 0.717) is 30.4 Å². The lowest BCUT2D eigenvalue weighted by Gasteiger charge is -2.33. The van der Waals surface area contributed by atoms with Crippen molar-refractivity contribution in [1.29, 1.82) is 0 Å². The van der Waals surface area contributed by atoms with Crippen molar-refractivity contribution in [2.75, 3.05) is 19.7 Å². The van der Waals surface area contributed by atoms with E-state index in [9.17, 15) is 4.79 Å². The Labute approximate surface area is 155 Å². The predicted octanol–water partition coefficient (Wildman–Crippen LogP) is 4.70. The van der Waals surface area contributed by atoms with Gasteiger partial charge in [-0.2, -0.15) is 0 Å². The Balaban J connectivity index is 1.79. The number of halogens is 2. The quantitative estimate of drug-likeness (QED) is 0.734. The first-order chi connectivity index (χ1) is 11.5. The molecule has 6 heteroatoms. The average molecular weight is 412 g/mol. The molecule has 1 atom stereocenters. The summed E-state index contributed by atoms with van der Waals surface area (Å²) < 4.78 is 8.77. The molecule has 0 spiro atoms. The highest BCUT2D eigenvalue weighted by Gasteiger charge is 2.28. The summed E-state index contributed by atoms with van der Waals surface area (Å²) in [5, 5.41) is 0.696. The molecule has 4 nitrogen and oxygen atoms in total. The molecule has 0 N–H and O–H groups in total. The fraction of sp³-hybridized carbons (Fsp3) is 0.389. The molecular formula is C18H20BrClN2O2. The van der Waals surface area contributed by atoms with Gasteiger partial charge in [0, 0.05) is 28.3 Å². The minimum Gasteiger partial charge on any atom is -0.370 e. The van der Waals surface area contributed by atoms with Crippen LogP contribution in [0.4, 0.5) is 0 Å². The number of aromatic nitrogens is 1. The Bertz CT molecular complexity index is 727. The van der Waals surface area contributed by atoms with Crippen LogP contribution in [0, 0.1) is 0 Å². The topological polar surface area (TPSA) is 34.5 Å². The zero-order valence-corrected chi connectivity index (χ0v) is 16.0. The molecule has 1 amide bonds. The molecule has 1 aliphatic heterocycles. The van der Waals surface area contributed by atoms with Crippen LogP contribution < -0.4 is 0 Å². The van der Waals surface area contributed by atoms with E-state index in [-0.39, 0.29) is 18.1 Å². The van der Waals surface area contributed by atoms with E-state index in [1.807, 2.05) is 46.0 Å². The second kappa shape index (κ2) is 7.30. The molecule has 0 aliphatic carbocycles. The van der Waals surface area contributed by atoms with Crippen LogP contribution in [0.25, 0.3) is 0 Å². The molecule has 0 saturated carbocycles. The van der Waals surface area contributed by atoms with Crippen LogP contribution in [0.2, 0.25) is 5.02 Å². The van der Waals surface area contributed by atoms with Gasteiger partial charge in [-0.05, 0) is 53.5 Å². The zero-order valence-electron chi connectivity index (χ0n) is 13.7. The van der Waals surface area contributed by atoms with Crippen molar-refractivity contribution >= 4 is 33.4 Å². The second-order valence-corrected chi connectivity index (χ2v) is 7.56. The summed E-state index contributed by atoms with van der Waals surface area (Å²) in [6.45, 7) is 5.81. The van der Waals surface area contributed by atoms with Crippen LogP contribution in [0.1, 0.15) is 42.0 Å². The van der Waals surface area contributed by atoms with Crippen molar-refractivity contribution in [2.45, 2.75) is 26.0 Å². The number of carbonyl (C=O) groups is 1. The summed E-state index contributed by atoms with van der Waals surface area (Å²) in [7, 11) is 0. The molecular weight excluding hydrogens is 392 g/mol. The molecule has 0 bridgehead atoms. The van der Waals surface area contributed by atoms with E-state index in [2.05, 4.69) is 29.8 Å². The van der Waals surface area contributed by atoms with Crippen LogP contribution >= 0.6 is 27.5 Å². The van der Waals surface area contributed by atoms with Crippen molar-refractivity contribution in [3.05, 3.63) is 57.3 Å². The number of ether oxygens (including phenoxy) is 1. The molecule has 1 aromatic heterocycles. The third-order valence-electron chi connectivity index (χ3n) is 4.19. The van der Waals surface area contributed by atoms with Crippen molar-refractivity contribution in [2.24, 2.45) is 0 Å². The second-order valence-electron chi connectivity index (χ2n) is 6.21. The Morgan fingerprint density at radius 3 is 2.71 bits per heavy atom. The fourth-order valence-corrected chi connectivity index (χ4v) is 3.48. The van der Waals surface area contributed by atoms with Crippen molar-refractivity contribution in [1.82, 2.24) is 9.47 Å². The standard InChI is InChI=1S/C18H20BrClN2O2/c1-12(2)22-10-14(19)9-16(22)18(23)21-7-8-24-17(11-21)13-3-5-15(20)6-4-13/h3-6,9-10,12,17H,7-8,11H2,1-2H3. The number of hydrogen-bond donors (Lipinski definition) is 0. The number of morpholine rings is 1. The van der Waals surface area contributed by atoms with Gasteiger partial charge in [0.25, 0.3) is 5.91 Å². The van der Waals surface area contributed by atoms with Gasteiger partial charge in [0.05, 0.1) is 13.2 Å². The smallest absolute Gasteiger partial charge is 0.270 e. The maximum Gasteiger partial charge on any atom is 0.270 e. The van der Waals surface area contributed by atoms with E-state index < -0.39 is 0 Å². The Hall–Kier alpha value is -1.30. The molecule has 1 aliphatic rings. The largest absolute Gasteiger partial charge is 0.370 e. The molecule has 24 heavy (non-hydrogen) atoms. The highest BCUT2D eigenvalue weighted by atomic mass is 79.9. The third-order valence-corrected chi connectivity index (χ3v) is 4.87. The summed E-state index contributed by atoms with van der Waals surface area (Å²) in [6, 6.07) is 9.71. The molecule has 1 unspecified atom stereocenters. The number of carbonyl (C=O) groups excluding carboxylic acids is 1. The van der Waals surface area contributed by atoms with E-state index in [4.69, 9.17) is 16.3 Å². The highest BCUT2D eigenvalue weighted by Crippen LogP contribution is 2.26. The van der Waals surface area contributed by atoms with Crippen LogP contribution in [0.5, 0.6) is 0 Å². The fourth-order valence-electron chi connectivity index (χ4n) is 2.92. The summed E-state index contributed by atoms with van der Waals surface area (Å²) in [4.78, 5) is 14.8. The summed E-state index contributed by atoms with van der Waals surface area (Å²) in [5.74, 6) is 0.0386. The highest BCUT2D eigenvalue weighted by molar-refractivity contribution is 9.10. The molecule has 2 heterocycles. The van der Waals surface area contributed by atoms with Gasteiger partial charge < -0.3 is 14.2 Å². The summed E-state index contributed by atoms with van der Waals surface area (Å²) in [6.07, 6.45) is 1.83. The van der Waals surface area contributed by atoms with Crippen LogP contribution in [0.15, 0.2) is 41.0 Å². The van der Waals surface area contributed by atoms with Crippen molar-refractivity contribution < 1.29 is 9.53 Å². The number of hydrogen-bond acceptors (Lipinski definition) is 2. The first-order valence-corrected chi connectivity index (χ1v) is 9.16. The lowest BCUT2D eigenvalue weighted by atomic mass is 10.1. The molecule has 1 aromatic carbocycles. The van der Waals surface area contributed by atoms with Gasteiger partial charge in [-0.25, -0.2) is 0 Å². The predicted molar refractivity (Wildman–Crippen MR) is 98.6 cm³/mol. The van der Waals surface area contributed by atoms with Crippen molar-refractivity contribution in [3.63, 3.8) is 0 Å². The number of rotatable bonds is 3.